The van der Waals surface area contributed by atoms with Gasteiger partial charge in [-0.3, -0.25) is 14.4 Å². The Kier molecular flexibility index (Phi) is 2.83. The lowest BCUT2D eigenvalue weighted by Crippen LogP contribution is -2.46. The minimum atomic E-state index is -0.956. The summed E-state index contributed by atoms with van der Waals surface area (Å²) in [5.41, 5.74) is -1.56. The molecule has 0 aliphatic carbocycles. The first kappa shape index (κ1) is 12.9. The monoisotopic (exact) mass is 255 g/mol. The fourth-order valence-electron chi connectivity index (χ4n) is 2.90. The van der Waals surface area contributed by atoms with Crippen molar-refractivity contribution in [2.24, 2.45) is 11.3 Å². The predicted molar refractivity (Wildman–Crippen MR) is 60.1 cm³/mol. The number of carbonyl (C=O) groups excluding carboxylic acids is 3. The Hall–Kier alpha value is -1.59. The molecule has 0 radical (unpaired) electrons. The van der Waals surface area contributed by atoms with E-state index in [2.05, 4.69) is 10.1 Å². The van der Waals surface area contributed by atoms with Crippen molar-refractivity contribution in [3.8, 4) is 0 Å². The second kappa shape index (κ2) is 3.96. The molecule has 2 aliphatic rings. The van der Waals surface area contributed by atoms with Crippen LogP contribution < -0.4 is 5.32 Å². The maximum atomic E-state index is 12.0. The molecule has 0 aromatic rings. The number of ether oxygens (including phenoxy) is 2. The van der Waals surface area contributed by atoms with Gasteiger partial charge in [-0.25, -0.2) is 0 Å². The summed E-state index contributed by atoms with van der Waals surface area (Å²) in [7, 11) is 1.31. The molecule has 0 aromatic carbocycles. The molecule has 2 rings (SSSR count). The van der Waals surface area contributed by atoms with Crippen LogP contribution in [0.2, 0.25) is 0 Å². The van der Waals surface area contributed by atoms with Gasteiger partial charge in [0.1, 0.15) is 0 Å². The lowest BCUT2D eigenvalue weighted by molar-refractivity contribution is -0.151. The first-order valence-electron chi connectivity index (χ1n) is 5.93. The number of nitrogens with one attached hydrogen (secondary N) is 1. The van der Waals surface area contributed by atoms with Crippen molar-refractivity contribution in [3.63, 3.8) is 0 Å². The summed E-state index contributed by atoms with van der Waals surface area (Å²) in [5.74, 6) is -1.25. The predicted octanol–water partition coefficient (Wildman–Crippen LogP) is 0.355. The van der Waals surface area contributed by atoms with Crippen LogP contribution in [-0.4, -0.2) is 30.7 Å². The van der Waals surface area contributed by atoms with Crippen LogP contribution in [0, 0.1) is 11.3 Å². The molecular weight excluding hydrogens is 238 g/mol. The Bertz CT molecular complexity index is 421. The van der Waals surface area contributed by atoms with Crippen LogP contribution in [0.25, 0.3) is 0 Å². The summed E-state index contributed by atoms with van der Waals surface area (Å²) >= 11 is 0. The number of methoxy groups -OCH3 is 1. The SMILES string of the molecule is COC(=O)CCC1C(=O)NC2(C)OC(=O)CC12C. The summed E-state index contributed by atoms with van der Waals surface area (Å²) < 4.78 is 9.79. The summed E-state index contributed by atoms with van der Waals surface area (Å²) in [6, 6.07) is 0. The van der Waals surface area contributed by atoms with Crippen LogP contribution in [0.5, 0.6) is 0 Å². The van der Waals surface area contributed by atoms with Gasteiger partial charge < -0.3 is 14.8 Å². The molecule has 3 atom stereocenters. The van der Waals surface area contributed by atoms with E-state index in [1.54, 1.807) is 6.92 Å². The van der Waals surface area contributed by atoms with E-state index in [9.17, 15) is 14.4 Å². The van der Waals surface area contributed by atoms with Gasteiger partial charge in [-0.1, -0.05) is 6.92 Å². The normalized spacial score (nSPS) is 38.1. The van der Waals surface area contributed by atoms with E-state index < -0.39 is 17.1 Å². The van der Waals surface area contributed by atoms with E-state index in [1.807, 2.05) is 6.92 Å². The van der Waals surface area contributed by atoms with Crippen molar-refractivity contribution < 1.29 is 23.9 Å². The quantitative estimate of drug-likeness (QED) is 0.736. The van der Waals surface area contributed by atoms with Crippen LogP contribution in [0.3, 0.4) is 0 Å². The lowest BCUT2D eigenvalue weighted by Gasteiger charge is -2.32. The van der Waals surface area contributed by atoms with E-state index in [1.165, 1.54) is 7.11 Å². The number of hydrogen-bond donors (Lipinski definition) is 1. The zero-order valence-electron chi connectivity index (χ0n) is 10.7. The minimum absolute atomic E-state index is 0.161. The molecule has 0 spiro atoms. The topological polar surface area (TPSA) is 81.7 Å². The highest BCUT2D eigenvalue weighted by molar-refractivity contribution is 5.88. The largest absolute Gasteiger partial charge is 0.469 e. The highest BCUT2D eigenvalue weighted by atomic mass is 16.6. The first-order chi connectivity index (χ1) is 8.32. The van der Waals surface area contributed by atoms with Crippen molar-refractivity contribution in [1.29, 1.82) is 0 Å². The molecule has 1 amide bonds. The van der Waals surface area contributed by atoms with Gasteiger partial charge in [0.15, 0.2) is 5.72 Å². The van der Waals surface area contributed by atoms with Gasteiger partial charge in [-0.05, 0) is 13.3 Å². The average molecular weight is 255 g/mol. The van der Waals surface area contributed by atoms with E-state index in [-0.39, 0.29) is 30.7 Å². The molecule has 3 unspecified atom stereocenters. The zero-order chi connectivity index (χ0) is 13.6. The van der Waals surface area contributed by atoms with Gasteiger partial charge in [-0.15, -0.1) is 0 Å². The molecule has 18 heavy (non-hydrogen) atoms. The molecule has 1 N–H and O–H groups in total. The second-order valence-corrected chi connectivity index (χ2v) is 5.26. The maximum Gasteiger partial charge on any atom is 0.308 e. The van der Waals surface area contributed by atoms with E-state index in [0.29, 0.717) is 6.42 Å². The van der Waals surface area contributed by atoms with Gasteiger partial charge in [-0.2, -0.15) is 0 Å². The van der Waals surface area contributed by atoms with E-state index in [0.717, 1.165) is 0 Å². The highest BCUT2D eigenvalue weighted by Crippen LogP contribution is 2.53. The molecule has 0 saturated carbocycles. The number of fused-ring (bicyclic) bond motifs is 1. The summed E-state index contributed by atoms with van der Waals surface area (Å²) in [5, 5.41) is 2.72. The van der Waals surface area contributed by atoms with Crippen molar-refractivity contribution in [1.82, 2.24) is 5.32 Å². The van der Waals surface area contributed by atoms with Crippen LogP contribution in [0.1, 0.15) is 33.1 Å². The Morgan fingerprint density at radius 3 is 2.78 bits per heavy atom. The number of hydrogen-bond acceptors (Lipinski definition) is 5. The molecule has 100 valence electrons. The molecule has 2 fully saturated rings. The molecule has 2 saturated heterocycles. The van der Waals surface area contributed by atoms with Gasteiger partial charge in [0.05, 0.1) is 19.4 Å². The molecule has 6 nitrogen and oxygen atoms in total. The standard InChI is InChI=1S/C12H17NO5/c1-11-6-9(15)18-12(11,2)13-10(16)7(11)4-5-8(14)17-3/h7H,4-6H2,1-3H3,(H,13,16). The number of rotatable bonds is 3. The van der Waals surface area contributed by atoms with Crippen LogP contribution >= 0.6 is 0 Å². The summed E-state index contributed by atoms with van der Waals surface area (Å²) in [4.78, 5) is 34.6. The van der Waals surface area contributed by atoms with Crippen LogP contribution in [0.4, 0.5) is 0 Å². The summed E-state index contributed by atoms with van der Waals surface area (Å²) in [6.07, 6.45) is 0.712. The molecular formula is C12H17NO5. The molecule has 0 bridgehead atoms. The highest BCUT2D eigenvalue weighted by Gasteiger charge is 2.66. The smallest absolute Gasteiger partial charge is 0.308 e. The Balaban J connectivity index is 2.17. The maximum absolute atomic E-state index is 12.0. The number of esters is 2. The fourth-order valence-corrected chi connectivity index (χ4v) is 2.90. The van der Waals surface area contributed by atoms with Crippen molar-refractivity contribution in [3.05, 3.63) is 0 Å². The minimum Gasteiger partial charge on any atom is -0.469 e. The van der Waals surface area contributed by atoms with Crippen LogP contribution in [0.15, 0.2) is 0 Å². The van der Waals surface area contributed by atoms with Crippen LogP contribution in [-0.2, 0) is 23.9 Å². The lowest BCUT2D eigenvalue weighted by atomic mass is 9.70. The Morgan fingerprint density at radius 2 is 2.17 bits per heavy atom. The van der Waals surface area contributed by atoms with Crippen molar-refractivity contribution in [2.45, 2.75) is 38.8 Å². The van der Waals surface area contributed by atoms with Crippen molar-refractivity contribution >= 4 is 17.8 Å². The van der Waals surface area contributed by atoms with E-state index >= 15 is 0 Å². The van der Waals surface area contributed by atoms with Gasteiger partial charge in [0.2, 0.25) is 5.91 Å². The second-order valence-electron chi connectivity index (χ2n) is 5.26. The molecule has 6 heteroatoms. The molecule has 2 aliphatic heterocycles. The summed E-state index contributed by atoms with van der Waals surface area (Å²) in [6.45, 7) is 3.55. The van der Waals surface area contributed by atoms with Crippen molar-refractivity contribution in [2.75, 3.05) is 7.11 Å². The third-order valence-electron chi connectivity index (χ3n) is 4.23. The third kappa shape index (κ3) is 1.67. The number of carbonyl (C=O) groups is 3. The van der Waals surface area contributed by atoms with Gasteiger partial charge >= 0.3 is 11.9 Å². The third-order valence-corrected chi connectivity index (χ3v) is 4.23. The first-order valence-corrected chi connectivity index (χ1v) is 5.93. The number of amides is 1. The Labute approximate surface area is 105 Å². The molecule has 2 heterocycles. The van der Waals surface area contributed by atoms with Gasteiger partial charge in [0.25, 0.3) is 0 Å². The zero-order valence-corrected chi connectivity index (χ0v) is 10.7. The fraction of sp³-hybridized carbons (Fsp3) is 0.750. The van der Waals surface area contributed by atoms with E-state index in [4.69, 9.17) is 4.74 Å². The average Bonchev–Trinajstić information content (AvgIpc) is 2.57. The molecule has 0 aromatic heterocycles. The van der Waals surface area contributed by atoms with Gasteiger partial charge in [0, 0.05) is 11.8 Å². The Morgan fingerprint density at radius 1 is 1.50 bits per heavy atom.